The Morgan fingerprint density at radius 3 is 2.60 bits per heavy atom. The van der Waals surface area contributed by atoms with Gasteiger partial charge in [0.2, 0.25) is 0 Å². The fraction of sp³-hybridized carbons (Fsp3) is 0.300. The molecule has 1 rings (SSSR count). The summed E-state index contributed by atoms with van der Waals surface area (Å²) in [6.45, 7) is 0.166. The van der Waals surface area contributed by atoms with Crippen LogP contribution in [-0.4, -0.2) is 25.7 Å². The Kier molecular flexibility index (Phi) is 4.74. The van der Waals surface area contributed by atoms with Gasteiger partial charge in [0, 0.05) is 23.8 Å². The molecule has 5 heteroatoms. The number of hydrogen-bond acceptors (Lipinski definition) is 3. The van der Waals surface area contributed by atoms with Crippen molar-refractivity contribution < 1.29 is 9.53 Å². The number of benzene rings is 1. The van der Waals surface area contributed by atoms with Crippen LogP contribution >= 0.6 is 15.9 Å². The molecule has 1 aromatic rings. The molecule has 1 unspecified atom stereocenters. The van der Waals surface area contributed by atoms with Gasteiger partial charge in [-0.2, -0.15) is 0 Å². The van der Waals surface area contributed by atoms with Gasteiger partial charge in [-0.05, 0) is 24.3 Å². The van der Waals surface area contributed by atoms with Gasteiger partial charge in [-0.1, -0.05) is 15.9 Å². The smallest absolute Gasteiger partial charge is 0.254 e. The van der Waals surface area contributed by atoms with E-state index in [9.17, 15) is 4.79 Å². The van der Waals surface area contributed by atoms with Crippen LogP contribution in [0.25, 0.3) is 0 Å². The molecule has 1 atom stereocenters. The molecule has 4 nitrogen and oxygen atoms in total. The SMILES string of the molecule is COC(CN)C(=O)Nc1ccc(Br)cc1. The standard InChI is InChI=1S/C10H13BrN2O2/c1-15-9(6-12)10(14)13-8-4-2-7(11)3-5-8/h2-5,9H,6,12H2,1H3,(H,13,14). The van der Waals surface area contributed by atoms with Gasteiger partial charge in [0.1, 0.15) is 6.10 Å². The molecule has 82 valence electrons. The first kappa shape index (κ1) is 12.2. The molecule has 0 aromatic heterocycles. The number of nitrogens with one attached hydrogen (secondary N) is 1. The fourth-order valence-electron chi connectivity index (χ4n) is 1.07. The second-order valence-electron chi connectivity index (χ2n) is 2.96. The Bertz CT molecular complexity index is 323. The third-order valence-electron chi connectivity index (χ3n) is 1.90. The molecule has 3 N–H and O–H groups in total. The summed E-state index contributed by atoms with van der Waals surface area (Å²) in [6.07, 6.45) is -0.603. The molecule has 0 radical (unpaired) electrons. The highest BCUT2D eigenvalue weighted by molar-refractivity contribution is 9.10. The van der Waals surface area contributed by atoms with Gasteiger partial charge < -0.3 is 15.8 Å². The number of anilines is 1. The number of methoxy groups -OCH3 is 1. The van der Waals surface area contributed by atoms with Gasteiger partial charge in [-0.3, -0.25) is 4.79 Å². The van der Waals surface area contributed by atoms with Crippen molar-refractivity contribution in [3.63, 3.8) is 0 Å². The topological polar surface area (TPSA) is 64.3 Å². The van der Waals surface area contributed by atoms with Crippen LogP contribution in [0.3, 0.4) is 0 Å². The Morgan fingerprint density at radius 1 is 1.53 bits per heavy atom. The first-order chi connectivity index (χ1) is 7.17. The fourth-order valence-corrected chi connectivity index (χ4v) is 1.33. The van der Waals surface area contributed by atoms with Crippen molar-refractivity contribution in [3.05, 3.63) is 28.7 Å². The van der Waals surface area contributed by atoms with E-state index >= 15 is 0 Å². The minimum Gasteiger partial charge on any atom is -0.370 e. The van der Waals surface area contributed by atoms with E-state index in [1.54, 1.807) is 12.1 Å². The monoisotopic (exact) mass is 272 g/mol. The Labute approximate surface area is 96.9 Å². The van der Waals surface area contributed by atoms with Crippen molar-refractivity contribution in [1.29, 1.82) is 0 Å². The molecule has 0 bridgehead atoms. The Morgan fingerprint density at radius 2 is 2.13 bits per heavy atom. The largest absolute Gasteiger partial charge is 0.370 e. The lowest BCUT2D eigenvalue weighted by Crippen LogP contribution is -2.35. The number of halogens is 1. The van der Waals surface area contributed by atoms with E-state index < -0.39 is 6.10 Å². The van der Waals surface area contributed by atoms with Crippen LogP contribution < -0.4 is 11.1 Å². The van der Waals surface area contributed by atoms with Crippen LogP contribution in [0.2, 0.25) is 0 Å². The van der Waals surface area contributed by atoms with E-state index in [-0.39, 0.29) is 12.5 Å². The van der Waals surface area contributed by atoms with Crippen molar-refractivity contribution in [2.75, 3.05) is 19.0 Å². The van der Waals surface area contributed by atoms with Crippen molar-refractivity contribution in [2.24, 2.45) is 5.73 Å². The highest BCUT2D eigenvalue weighted by Crippen LogP contribution is 2.14. The molecule has 1 aromatic carbocycles. The maximum absolute atomic E-state index is 11.5. The molecule has 0 fully saturated rings. The molecule has 0 saturated carbocycles. The predicted octanol–water partition coefficient (Wildman–Crippen LogP) is 1.36. The number of ether oxygens (including phenoxy) is 1. The van der Waals surface area contributed by atoms with E-state index in [1.807, 2.05) is 12.1 Å². The first-order valence-corrected chi connectivity index (χ1v) is 5.26. The summed E-state index contributed by atoms with van der Waals surface area (Å²) in [5.41, 5.74) is 6.09. The number of carbonyl (C=O) groups excluding carboxylic acids is 1. The highest BCUT2D eigenvalue weighted by atomic mass is 79.9. The van der Waals surface area contributed by atoms with Crippen molar-refractivity contribution >= 4 is 27.5 Å². The normalized spacial score (nSPS) is 12.2. The molecule has 0 aliphatic heterocycles. The molecule has 0 heterocycles. The van der Waals surface area contributed by atoms with Crippen LogP contribution in [0.1, 0.15) is 0 Å². The quantitative estimate of drug-likeness (QED) is 0.870. The van der Waals surface area contributed by atoms with Crippen molar-refractivity contribution in [2.45, 2.75) is 6.10 Å². The molecular formula is C10H13BrN2O2. The number of rotatable bonds is 4. The molecule has 1 amide bonds. The van der Waals surface area contributed by atoms with E-state index in [0.29, 0.717) is 0 Å². The second kappa shape index (κ2) is 5.85. The summed E-state index contributed by atoms with van der Waals surface area (Å²) >= 11 is 3.31. The average molecular weight is 273 g/mol. The summed E-state index contributed by atoms with van der Waals surface area (Å²) in [5.74, 6) is -0.234. The molecule has 0 spiro atoms. The van der Waals surface area contributed by atoms with E-state index in [4.69, 9.17) is 10.5 Å². The van der Waals surface area contributed by atoms with Crippen LogP contribution in [0.15, 0.2) is 28.7 Å². The lowest BCUT2D eigenvalue weighted by Gasteiger charge is -2.12. The van der Waals surface area contributed by atoms with Crippen molar-refractivity contribution in [3.8, 4) is 0 Å². The number of nitrogens with two attached hydrogens (primary N) is 1. The van der Waals surface area contributed by atoms with Crippen molar-refractivity contribution in [1.82, 2.24) is 0 Å². The van der Waals surface area contributed by atoms with Gasteiger partial charge in [-0.15, -0.1) is 0 Å². The zero-order chi connectivity index (χ0) is 11.3. The molecular weight excluding hydrogens is 260 g/mol. The summed E-state index contributed by atoms with van der Waals surface area (Å²) in [7, 11) is 1.46. The summed E-state index contributed by atoms with van der Waals surface area (Å²) in [5, 5.41) is 2.71. The van der Waals surface area contributed by atoms with Crippen LogP contribution in [-0.2, 0) is 9.53 Å². The van der Waals surface area contributed by atoms with Gasteiger partial charge >= 0.3 is 0 Å². The molecule has 0 aliphatic rings. The summed E-state index contributed by atoms with van der Waals surface area (Å²) < 4.78 is 5.87. The zero-order valence-electron chi connectivity index (χ0n) is 8.37. The van der Waals surface area contributed by atoms with Crippen LogP contribution in [0.4, 0.5) is 5.69 Å². The Hall–Kier alpha value is -0.910. The summed E-state index contributed by atoms with van der Waals surface area (Å²) in [6, 6.07) is 7.29. The third kappa shape index (κ3) is 3.62. The maximum Gasteiger partial charge on any atom is 0.254 e. The number of carbonyl (C=O) groups is 1. The third-order valence-corrected chi connectivity index (χ3v) is 2.43. The second-order valence-corrected chi connectivity index (χ2v) is 3.87. The van der Waals surface area contributed by atoms with Gasteiger partial charge in [0.05, 0.1) is 0 Å². The zero-order valence-corrected chi connectivity index (χ0v) is 9.95. The average Bonchev–Trinajstić information content (AvgIpc) is 2.23. The maximum atomic E-state index is 11.5. The molecule has 15 heavy (non-hydrogen) atoms. The van der Waals surface area contributed by atoms with E-state index in [2.05, 4.69) is 21.2 Å². The summed E-state index contributed by atoms with van der Waals surface area (Å²) in [4.78, 5) is 11.5. The van der Waals surface area contributed by atoms with Crippen LogP contribution in [0.5, 0.6) is 0 Å². The van der Waals surface area contributed by atoms with Gasteiger partial charge in [0.15, 0.2) is 0 Å². The Balaban J connectivity index is 2.61. The molecule has 0 aliphatic carbocycles. The minimum absolute atomic E-state index is 0.166. The molecule has 0 saturated heterocycles. The van der Waals surface area contributed by atoms with E-state index in [0.717, 1.165) is 10.2 Å². The van der Waals surface area contributed by atoms with E-state index in [1.165, 1.54) is 7.11 Å². The van der Waals surface area contributed by atoms with Gasteiger partial charge in [-0.25, -0.2) is 0 Å². The number of amides is 1. The first-order valence-electron chi connectivity index (χ1n) is 4.46. The lowest BCUT2D eigenvalue weighted by molar-refractivity contribution is -0.125. The minimum atomic E-state index is -0.603. The lowest BCUT2D eigenvalue weighted by atomic mass is 10.3. The highest BCUT2D eigenvalue weighted by Gasteiger charge is 2.15. The predicted molar refractivity (Wildman–Crippen MR) is 62.6 cm³/mol. The van der Waals surface area contributed by atoms with Gasteiger partial charge in [0.25, 0.3) is 5.91 Å². The van der Waals surface area contributed by atoms with Crippen LogP contribution in [0, 0.1) is 0 Å². The number of hydrogen-bond donors (Lipinski definition) is 2.